The van der Waals surface area contributed by atoms with E-state index in [1.807, 2.05) is 12.1 Å². The Labute approximate surface area is 127 Å². The fourth-order valence-corrected chi connectivity index (χ4v) is 3.53. The van der Waals surface area contributed by atoms with E-state index in [9.17, 15) is 0 Å². The maximum Gasteiger partial charge on any atom is 0.0406 e. The van der Waals surface area contributed by atoms with Gasteiger partial charge in [-0.05, 0) is 62.4 Å². The second-order valence-corrected chi connectivity index (χ2v) is 6.71. The summed E-state index contributed by atoms with van der Waals surface area (Å²) < 4.78 is 0. The van der Waals surface area contributed by atoms with Crippen LogP contribution < -0.4 is 5.32 Å². The van der Waals surface area contributed by atoms with Crippen LogP contribution in [0, 0.1) is 0 Å². The Bertz CT molecular complexity index is 406. The number of nitrogens with one attached hydrogen (secondary N) is 1. The molecule has 20 heavy (non-hydrogen) atoms. The largest absolute Gasteiger partial charge is 0.313 e. The van der Waals surface area contributed by atoms with Crippen LogP contribution in [0.5, 0.6) is 0 Å². The van der Waals surface area contributed by atoms with Crippen molar-refractivity contribution in [3.05, 3.63) is 34.9 Å². The lowest BCUT2D eigenvalue weighted by molar-refractivity contribution is 0.214. The Morgan fingerprint density at radius 3 is 2.45 bits per heavy atom. The van der Waals surface area contributed by atoms with Crippen molar-refractivity contribution < 1.29 is 0 Å². The summed E-state index contributed by atoms with van der Waals surface area (Å²) in [6.45, 7) is 4.99. The second kappa shape index (κ2) is 6.93. The minimum Gasteiger partial charge on any atom is -0.313 e. The Morgan fingerprint density at radius 2 is 1.75 bits per heavy atom. The number of piperidine rings is 1. The van der Waals surface area contributed by atoms with Gasteiger partial charge in [0.2, 0.25) is 0 Å². The second-order valence-electron chi connectivity index (χ2n) is 6.27. The topological polar surface area (TPSA) is 15.3 Å². The van der Waals surface area contributed by atoms with Crippen LogP contribution in [0.2, 0.25) is 5.02 Å². The molecule has 2 aliphatic rings. The zero-order valence-corrected chi connectivity index (χ0v) is 12.9. The summed E-state index contributed by atoms with van der Waals surface area (Å²) in [7, 11) is 0. The predicted molar refractivity (Wildman–Crippen MR) is 85.5 cm³/mol. The number of hydrogen-bond donors (Lipinski definition) is 1. The molecule has 0 atom stereocenters. The van der Waals surface area contributed by atoms with Gasteiger partial charge in [0.25, 0.3) is 0 Å². The smallest absolute Gasteiger partial charge is 0.0406 e. The summed E-state index contributed by atoms with van der Waals surface area (Å²) in [5.41, 5.74) is 1.45. The molecule has 0 bridgehead atoms. The molecule has 2 nitrogen and oxygen atoms in total. The number of nitrogens with zero attached hydrogens (tertiary/aromatic N) is 1. The number of benzene rings is 1. The molecule has 0 amide bonds. The van der Waals surface area contributed by atoms with Crippen molar-refractivity contribution >= 4 is 11.6 Å². The van der Waals surface area contributed by atoms with Crippen molar-refractivity contribution in [3.8, 4) is 0 Å². The normalized spacial score (nSPS) is 27.2. The van der Waals surface area contributed by atoms with Gasteiger partial charge >= 0.3 is 0 Å². The monoisotopic (exact) mass is 292 g/mol. The van der Waals surface area contributed by atoms with Gasteiger partial charge in [-0.1, -0.05) is 30.2 Å². The van der Waals surface area contributed by atoms with Crippen molar-refractivity contribution in [1.29, 1.82) is 0 Å². The maximum absolute atomic E-state index is 5.93. The molecule has 1 aliphatic carbocycles. The number of hydrogen-bond acceptors (Lipinski definition) is 2. The molecule has 1 saturated carbocycles. The molecule has 2 fully saturated rings. The average molecular weight is 293 g/mol. The zero-order valence-electron chi connectivity index (χ0n) is 12.2. The molecule has 1 aromatic rings. The summed E-state index contributed by atoms with van der Waals surface area (Å²) in [5, 5.41) is 4.55. The van der Waals surface area contributed by atoms with Gasteiger partial charge in [-0.15, -0.1) is 0 Å². The van der Waals surface area contributed by atoms with Gasteiger partial charge in [-0.2, -0.15) is 0 Å². The van der Waals surface area contributed by atoms with Crippen LogP contribution in [0.4, 0.5) is 0 Å². The molecule has 1 aliphatic heterocycles. The standard InChI is InChI=1S/C17H25ClN2/c18-16-6-4-14(5-7-16)15-12-17(13-15)19-8-11-20-9-2-1-3-10-20/h4-7,15,17,19H,1-3,8-13H2. The highest BCUT2D eigenvalue weighted by molar-refractivity contribution is 6.30. The Kier molecular flexibility index (Phi) is 4.98. The highest BCUT2D eigenvalue weighted by atomic mass is 35.5. The van der Waals surface area contributed by atoms with Crippen molar-refractivity contribution in [2.24, 2.45) is 0 Å². The van der Waals surface area contributed by atoms with E-state index < -0.39 is 0 Å². The van der Waals surface area contributed by atoms with E-state index in [2.05, 4.69) is 22.3 Å². The third-order valence-corrected chi connectivity index (χ3v) is 5.04. The summed E-state index contributed by atoms with van der Waals surface area (Å²) in [6, 6.07) is 9.09. The first-order valence-corrected chi connectivity index (χ1v) is 8.40. The molecular weight excluding hydrogens is 268 g/mol. The Balaban J connectivity index is 1.33. The van der Waals surface area contributed by atoms with Gasteiger partial charge in [0, 0.05) is 24.2 Å². The van der Waals surface area contributed by atoms with Crippen LogP contribution in [0.25, 0.3) is 0 Å². The van der Waals surface area contributed by atoms with Crippen LogP contribution in [0.1, 0.15) is 43.6 Å². The summed E-state index contributed by atoms with van der Waals surface area (Å²) in [6.07, 6.45) is 6.77. The van der Waals surface area contributed by atoms with Crippen LogP contribution in [-0.4, -0.2) is 37.1 Å². The maximum atomic E-state index is 5.93. The Hall–Kier alpha value is -0.570. The molecule has 1 saturated heterocycles. The zero-order chi connectivity index (χ0) is 13.8. The third kappa shape index (κ3) is 3.75. The molecule has 3 heteroatoms. The van der Waals surface area contributed by atoms with E-state index >= 15 is 0 Å². The number of rotatable bonds is 5. The highest BCUT2D eigenvalue weighted by Gasteiger charge is 2.29. The Morgan fingerprint density at radius 1 is 1.05 bits per heavy atom. The lowest BCUT2D eigenvalue weighted by atomic mass is 9.76. The van der Waals surface area contributed by atoms with Crippen LogP contribution in [0.15, 0.2) is 24.3 Å². The van der Waals surface area contributed by atoms with Gasteiger partial charge in [0.15, 0.2) is 0 Å². The van der Waals surface area contributed by atoms with E-state index in [1.54, 1.807) is 0 Å². The fraction of sp³-hybridized carbons (Fsp3) is 0.647. The quantitative estimate of drug-likeness (QED) is 0.891. The summed E-state index contributed by atoms with van der Waals surface area (Å²) in [5.74, 6) is 0.736. The first-order chi connectivity index (χ1) is 9.81. The van der Waals surface area contributed by atoms with E-state index in [1.165, 1.54) is 57.3 Å². The molecule has 1 aromatic carbocycles. The van der Waals surface area contributed by atoms with E-state index in [4.69, 9.17) is 11.6 Å². The fourth-order valence-electron chi connectivity index (χ4n) is 3.40. The molecule has 110 valence electrons. The van der Waals surface area contributed by atoms with Crippen LogP contribution in [0.3, 0.4) is 0 Å². The average Bonchev–Trinajstić information content (AvgIpc) is 2.44. The first kappa shape index (κ1) is 14.4. The molecular formula is C17H25ClN2. The van der Waals surface area contributed by atoms with Crippen molar-refractivity contribution in [2.75, 3.05) is 26.2 Å². The predicted octanol–water partition coefficient (Wildman–Crippen LogP) is 3.66. The molecule has 0 spiro atoms. The van der Waals surface area contributed by atoms with Gasteiger partial charge in [0.05, 0.1) is 0 Å². The lowest BCUT2D eigenvalue weighted by Crippen LogP contribution is -2.44. The van der Waals surface area contributed by atoms with Gasteiger partial charge in [0.1, 0.15) is 0 Å². The summed E-state index contributed by atoms with van der Waals surface area (Å²) >= 11 is 5.93. The lowest BCUT2D eigenvalue weighted by Gasteiger charge is -2.37. The SMILES string of the molecule is Clc1ccc(C2CC(NCCN3CCCCC3)C2)cc1. The minimum absolute atomic E-state index is 0.723. The van der Waals surface area contributed by atoms with Crippen molar-refractivity contribution in [1.82, 2.24) is 10.2 Å². The van der Waals surface area contributed by atoms with E-state index in [0.717, 1.165) is 23.5 Å². The minimum atomic E-state index is 0.723. The molecule has 1 heterocycles. The van der Waals surface area contributed by atoms with E-state index in [-0.39, 0.29) is 0 Å². The van der Waals surface area contributed by atoms with Gasteiger partial charge in [-0.3, -0.25) is 0 Å². The molecule has 0 radical (unpaired) electrons. The molecule has 0 aromatic heterocycles. The first-order valence-electron chi connectivity index (χ1n) is 8.02. The third-order valence-electron chi connectivity index (χ3n) is 4.79. The van der Waals surface area contributed by atoms with Gasteiger partial charge in [-0.25, -0.2) is 0 Å². The van der Waals surface area contributed by atoms with Gasteiger partial charge < -0.3 is 10.2 Å². The highest BCUT2D eigenvalue weighted by Crippen LogP contribution is 2.37. The van der Waals surface area contributed by atoms with Crippen molar-refractivity contribution in [3.63, 3.8) is 0 Å². The van der Waals surface area contributed by atoms with Crippen molar-refractivity contribution in [2.45, 2.75) is 44.1 Å². The van der Waals surface area contributed by atoms with Crippen LogP contribution >= 0.6 is 11.6 Å². The number of halogens is 1. The molecule has 1 N–H and O–H groups in total. The molecule has 0 unspecified atom stereocenters. The summed E-state index contributed by atoms with van der Waals surface area (Å²) in [4.78, 5) is 2.60. The van der Waals surface area contributed by atoms with E-state index in [0.29, 0.717) is 0 Å². The number of likely N-dealkylation sites (tertiary alicyclic amines) is 1. The van der Waals surface area contributed by atoms with Crippen LogP contribution in [-0.2, 0) is 0 Å². The molecule has 3 rings (SSSR count).